The van der Waals surface area contributed by atoms with Crippen LogP contribution in [0.15, 0.2) is 18.3 Å². The number of halogens is 1. The largest absolute Gasteiger partial charge is 0.338 e. The second-order valence-corrected chi connectivity index (χ2v) is 5.66. The number of rotatable bonds is 2. The highest BCUT2D eigenvalue weighted by atomic mass is 35.5. The number of nitrogens with one attached hydrogen (secondary N) is 1. The van der Waals surface area contributed by atoms with Gasteiger partial charge >= 0.3 is 0 Å². The zero-order valence-corrected chi connectivity index (χ0v) is 12.0. The Morgan fingerprint density at radius 2 is 2.30 bits per heavy atom. The Balaban J connectivity index is 1.78. The smallest absolute Gasteiger partial charge is 0.245 e. The Labute approximate surface area is 122 Å². The van der Waals surface area contributed by atoms with E-state index in [0.717, 1.165) is 25.2 Å². The first-order chi connectivity index (χ1) is 9.63. The molecule has 1 saturated heterocycles. The summed E-state index contributed by atoms with van der Waals surface area (Å²) < 4.78 is 0. The molecule has 6 nitrogen and oxygen atoms in total. The van der Waals surface area contributed by atoms with E-state index < -0.39 is 0 Å². The fourth-order valence-electron chi connectivity index (χ4n) is 2.31. The van der Waals surface area contributed by atoms with Crippen molar-refractivity contribution >= 4 is 17.5 Å². The predicted octanol–water partition coefficient (Wildman–Crippen LogP) is 1.69. The maximum absolute atomic E-state index is 6.11. The normalized spacial score (nSPS) is 23.1. The minimum Gasteiger partial charge on any atom is -0.338 e. The molecular weight excluding hydrogens is 276 g/mol. The number of hydrogen-bond acceptors (Lipinski definition) is 5. The predicted molar refractivity (Wildman–Crippen MR) is 78.6 cm³/mol. The average molecular weight is 293 g/mol. The number of nitrogens with two attached hydrogens (primary N) is 1. The van der Waals surface area contributed by atoms with Crippen LogP contribution < -0.4 is 10.6 Å². The van der Waals surface area contributed by atoms with Crippen molar-refractivity contribution in [2.24, 2.45) is 11.7 Å². The third-order valence-corrected chi connectivity index (χ3v) is 3.97. The van der Waals surface area contributed by atoms with Gasteiger partial charge in [-0.3, -0.25) is 10.1 Å². The molecule has 1 fully saturated rings. The lowest BCUT2D eigenvalue weighted by molar-refractivity contribution is 0.376. The number of aromatic nitrogens is 4. The molecule has 1 aliphatic rings. The van der Waals surface area contributed by atoms with Crippen LogP contribution in [-0.4, -0.2) is 39.3 Å². The summed E-state index contributed by atoms with van der Waals surface area (Å²) in [6.07, 6.45) is 2.65. The summed E-state index contributed by atoms with van der Waals surface area (Å²) in [5.41, 5.74) is 6.83. The Morgan fingerprint density at radius 3 is 3.00 bits per heavy atom. The second kappa shape index (κ2) is 5.38. The standard InChI is InChI=1S/C13H17ClN6/c1-8-4-5-20(7-10(8)15)13-17-12(18-19-13)11-3-2-9(14)6-16-11/h2-3,6,8,10H,4-5,7,15H2,1H3,(H,17,18,19). The van der Waals surface area contributed by atoms with E-state index >= 15 is 0 Å². The first kappa shape index (κ1) is 13.3. The molecular formula is C13H17ClN6. The number of piperidine rings is 1. The van der Waals surface area contributed by atoms with Gasteiger partial charge in [-0.2, -0.15) is 4.98 Å². The zero-order valence-electron chi connectivity index (χ0n) is 11.3. The molecule has 7 heteroatoms. The van der Waals surface area contributed by atoms with Crippen molar-refractivity contribution in [3.63, 3.8) is 0 Å². The van der Waals surface area contributed by atoms with Crippen LogP contribution in [0.1, 0.15) is 13.3 Å². The van der Waals surface area contributed by atoms with Gasteiger partial charge in [0.15, 0.2) is 5.82 Å². The van der Waals surface area contributed by atoms with Crippen LogP contribution in [0.25, 0.3) is 11.5 Å². The molecule has 2 atom stereocenters. The van der Waals surface area contributed by atoms with E-state index in [1.807, 2.05) is 6.07 Å². The molecule has 0 radical (unpaired) electrons. The Morgan fingerprint density at radius 1 is 1.45 bits per heavy atom. The molecule has 0 aliphatic carbocycles. The Hall–Kier alpha value is -1.66. The summed E-state index contributed by atoms with van der Waals surface area (Å²) in [5.74, 6) is 1.87. The molecule has 20 heavy (non-hydrogen) atoms. The van der Waals surface area contributed by atoms with Gasteiger partial charge in [-0.05, 0) is 24.5 Å². The summed E-state index contributed by atoms with van der Waals surface area (Å²) >= 11 is 5.82. The maximum Gasteiger partial charge on any atom is 0.245 e. The van der Waals surface area contributed by atoms with Crippen molar-refractivity contribution in [2.45, 2.75) is 19.4 Å². The molecule has 3 N–H and O–H groups in total. The molecule has 1 aliphatic heterocycles. The van der Waals surface area contributed by atoms with Crippen molar-refractivity contribution in [2.75, 3.05) is 18.0 Å². The van der Waals surface area contributed by atoms with E-state index in [0.29, 0.717) is 22.7 Å². The van der Waals surface area contributed by atoms with E-state index in [2.05, 4.69) is 32.0 Å². The van der Waals surface area contributed by atoms with Crippen LogP contribution in [-0.2, 0) is 0 Å². The lowest BCUT2D eigenvalue weighted by Gasteiger charge is -2.34. The molecule has 2 aromatic heterocycles. The molecule has 3 rings (SSSR count). The molecule has 3 heterocycles. The van der Waals surface area contributed by atoms with Gasteiger partial charge in [-0.15, -0.1) is 5.10 Å². The first-order valence-electron chi connectivity index (χ1n) is 6.68. The second-order valence-electron chi connectivity index (χ2n) is 5.22. The number of hydrogen-bond donors (Lipinski definition) is 2. The summed E-state index contributed by atoms with van der Waals surface area (Å²) in [6, 6.07) is 3.76. The van der Waals surface area contributed by atoms with Gasteiger partial charge in [0.2, 0.25) is 5.95 Å². The summed E-state index contributed by atoms with van der Waals surface area (Å²) in [7, 11) is 0. The van der Waals surface area contributed by atoms with Crippen LogP contribution in [0.4, 0.5) is 5.95 Å². The molecule has 0 bridgehead atoms. The number of pyridine rings is 1. The fraction of sp³-hybridized carbons (Fsp3) is 0.462. The van der Waals surface area contributed by atoms with E-state index in [9.17, 15) is 0 Å². The van der Waals surface area contributed by atoms with Gasteiger partial charge in [-0.25, -0.2) is 0 Å². The van der Waals surface area contributed by atoms with Crippen LogP contribution in [0.2, 0.25) is 5.02 Å². The van der Waals surface area contributed by atoms with Gasteiger partial charge in [0.25, 0.3) is 0 Å². The number of nitrogens with zero attached hydrogens (tertiary/aromatic N) is 4. The lowest BCUT2D eigenvalue weighted by Crippen LogP contribution is -2.48. The van der Waals surface area contributed by atoms with Gasteiger partial charge < -0.3 is 10.6 Å². The molecule has 2 unspecified atom stereocenters. The van der Waals surface area contributed by atoms with E-state index in [1.165, 1.54) is 0 Å². The third kappa shape index (κ3) is 2.62. The first-order valence-corrected chi connectivity index (χ1v) is 7.06. The van der Waals surface area contributed by atoms with E-state index in [-0.39, 0.29) is 6.04 Å². The van der Waals surface area contributed by atoms with Crippen LogP contribution >= 0.6 is 11.6 Å². The number of H-pyrrole nitrogens is 1. The molecule has 0 saturated carbocycles. The Kier molecular flexibility index (Phi) is 3.58. The monoisotopic (exact) mass is 292 g/mol. The maximum atomic E-state index is 6.11. The lowest BCUT2D eigenvalue weighted by atomic mass is 9.95. The van der Waals surface area contributed by atoms with Crippen molar-refractivity contribution in [3.05, 3.63) is 23.4 Å². The van der Waals surface area contributed by atoms with Gasteiger partial charge in [-0.1, -0.05) is 18.5 Å². The number of anilines is 1. The van der Waals surface area contributed by atoms with Crippen molar-refractivity contribution < 1.29 is 0 Å². The highest BCUT2D eigenvalue weighted by molar-refractivity contribution is 6.30. The molecule has 106 valence electrons. The van der Waals surface area contributed by atoms with Gasteiger partial charge in [0, 0.05) is 25.3 Å². The van der Waals surface area contributed by atoms with E-state index in [4.69, 9.17) is 17.3 Å². The Bertz CT molecular complexity index is 581. The topological polar surface area (TPSA) is 83.7 Å². The highest BCUT2D eigenvalue weighted by Gasteiger charge is 2.25. The van der Waals surface area contributed by atoms with E-state index in [1.54, 1.807) is 12.3 Å². The fourth-order valence-corrected chi connectivity index (χ4v) is 2.42. The summed E-state index contributed by atoms with van der Waals surface area (Å²) in [6.45, 7) is 3.90. The highest BCUT2D eigenvalue weighted by Crippen LogP contribution is 2.21. The van der Waals surface area contributed by atoms with Crippen molar-refractivity contribution in [3.8, 4) is 11.5 Å². The molecule has 0 spiro atoms. The van der Waals surface area contributed by atoms with Crippen LogP contribution in [0.3, 0.4) is 0 Å². The minimum absolute atomic E-state index is 0.166. The zero-order chi connectivity index (χ0) is 14.1. The van der Waals surface area contributed by atoms with Crippen molar-refractivity contribution in [1.82, 2.24) is 20.2 Å². The third-order valence-electron chi connectivity index (χ3n) is 3.74. The molecule has 0 amide bonds. The quantitative estimate of drug-likeness (QED) is 0.880. The van der Waals surface area contributed by atoms with Crippen molar-refractivity contribution in [1.29, 1.82) is 0 Å². The van der Waals surface area contributed by atoms with Crippen LogP contribution in [0, 0.1) is 5.92 Å². The van der Waals surface area contributed by atoms with Crippen LogP contribution in [0.5, 0.6) is 0 Å². The summed E-state index contributed by atoms with van der Waals surface area (Å²) in [5, 5.41) is 7.78. The minimum atomic E-state index is 0.166. The molecule has 2 aromatic rings. The SMILES string of the molecule is CC1CCN(c2n[nH]c(-c3ccc(Cl)cn3)n2)CC1N. The van der Waals surface area contributed by atoms with Gasteiger partial charge in [0.05, 0.1) is 5.02 Å². The molecule has 0 aromatic carbocycles. The number of aromatic amines is 1. The average Bonchev–Trinajstić information content (AvgIpc) is 2.92. The summed E-state index contributed by atoms with van der Waals surface area (Å²) in [4.78, 5) is 10.8. The van der Waals surface area contributed by atoms with Gasteiger partial charge in [0.1, 0.15) is 5.69 Å².